The molecule has 0 radical (unpaired) electrons. The maximum absolute atomic E-state index is 5.43. The zero-order valence-corrected chi connectivity index (χ0v) is 8.89. The van der Waals surface area contributed by atoms with E-state index >= 15 is 0 Å². The molecule has 0 amide bonds. The average molecular weight is 184 g/mol. The Bertz CT molecular complexity index is 117. The molecule has 1 rings (SSSR count). The molecule has 0 aromatic heterocycles. The van der Waals surface area contributed by atoms with Crippen molar-refractivity contribution in [3.05, 3.63) is 0 Å². The molecule has 2 nitrogen and oxygen atoms in total. The molecule has 0 aromatic carbocycles. The number of nitrogens with two attached hydrogens (primary N) is 1. The highest BCUT2D eigenvalue weighted by molar-refractivity contribution is 4.71. The Balaban J connectivity index is 1.96. The van der Waals surface area contributed by atoms with Crippen LogP contribution in [0.2, 0.25) is 0 Å². The van der Waals surface area contributed by atoms with Gasteiger partial charge in [0.15, 0.2) is 0 Å². The van der Waals surface area contributed by atoms with Crippen molar-refractivity contribution in [2.45, 2.75) is 39.0 Å². The SMILES string of the molecule is CC1CCC(CNCCCN)CC1. The van der Waals surface area contributed by atoms with Gasteiger partial charge in [-0.25, -0.2) is 0 Å². The molecular weight excluding hydrogens is 160 g/mol. The van der Waals surface area contributed by atoms with Gasteiger partial charge in [-0.2, -0.15) is 0 Å². The van der Waals surface area contributed by atoms with Crippen LogP contribution < -0.4 is 11.1 Å². The second-order valence-corrected chi connectivity index (χ2v) is 4.47. The van der Waals surface area contributed by atoms with Crippen molar-refractivity contribution in [2.24, 2.45) is 17.6 Å². The summed E-state index contributed by atoms with van der Waals surface area (Å²) in [6, 6.07) is 0. The lowest BCUT2D eigenvalue weighted by molar-refractivity contribution is 0.282. The van der Waals surface area contributed by atoms with E-state index in [4.69, 9.17) is 5.73 Å². The molecule has 1 saturated carbocycles. The normalized spacial score (nSPS) is 29.1. The van der Waals surface area contributed by atoms with E-state index in [0.717, 1.165) is 31.3 Å². The molecule has 3 N–H and O–H groups in total. The van der Waals surface area contributed by atoms with Gasteiger partial charge in [0.25, 0.3) is 0 Å². The van der Waals surface area contributed by atoms with Gasteiger partial charge in [-0.15, -0.1) is 0 Å². The van der Waals surface area contributed by atoms with Crippen molar-refractivity contribution < 1.29 is 0 Å². The molecule has 0 saturated heterocycles. The molecule has 0 heterocycles. The molecule has 1 aliphatic carbocycles. The summed E-state index contributed by atoms with van der Waals surface area (Å²) in [7, 11) is 0. The Morgan fingerprint density at radius 3 is 2.54 bits per heavy atom. The molecule has 0 spiro atoms. The minimum absolute atomic E-state index is 0.814. The number of nitrogens with one attached hydrogen (secondary N) is 1. The first kappa shape index (κ1) is 11.0. The Labute approximate surface area is 82.3 Å². The van der Waals surface area contributed by atoms with E-state index in [-0.39, 0.29) is 0 Å². The molecule has 1 fully saturated rings. The number of rotatable bonds is 5. The van der Waals surface area contributed by atoms with E-state index in [1.54, 1.807) is 0 Å². The van der Waals surface area contributed by atoms with Gasteiger partial charge in [-0.1, -0.05) is 19.8 Å². The topological polar surface area (TPSA) is 38.0 Å². The third-order valence-corrected chi connectivity index (χ3v) is 3.13. The van der Waals surface area contributed by atoms with E-state index < -0.39 is 0 Å². The van der Waals surface area contributed by atoms with E-state index in [2.05, 4.69) is 12.2 Å². The molecule has 78 valence electrons. The van der Waals surface area contributed by atoms with Gasteiger partial charge < -0.3 is 11.1 Å². The second kappa shape index (κ2) is 6.39. The summed E-state index contributed by atoms with van der Waals surface area (Å²) in [5, 5.41) is 3.49. The molecule has 0 bridgehead atoms. The van der Waals surface area contributed by atoms with Crippen LogP contribution in [0.15, 0.2) is 0 Å². The van der Waals surface area contributed by atoms with Crippen molar-refractivity contribution in [3.8, 4) is 0 Å². The standard InChI is InChI=1S/C11H24N2/c1-10-3-5-11(6-4-10)9-13-8-2-7-12/h10-11,13H,2-9,12H2,1H3. The summed E-state index contributed by atoms with van der Waals surface area (Å²) < 4.78 is 0. The fraction of sp³-hybridized carbons (Fsp3) is 1.00. The summed E-state index contributed by atoms with van der Waals surface area (Å²) in [5.74, 6) is 1.91. The summed E-state index contributed by atoms with van der Waals surface area (Å²) >= 11 is 0. The largest absolute Gasteiger partial charge is 0.330 e. The predicted octanol–water partition coefficient (Wildman–Crippen LogP) is 1.75. The Morgan fingerprint density at radius 1 is 1.23 bits per heavy atom. The Hall–Kier alpha value is -0.0800. The fourth-order valence-corrected chi connectivity index (χ4v) is 2.07. The molecule has 13 heavy (non-hydrogen) atoms. The van der Waals surface area contributed by atoms with E-state index in [1.807, 2.05) is 0 Å². The fourth-order valence-electron chi connectivity index (χ4n) is 2.07. The van der Waals surface area contributed by atoms with Crippen molar-refractivity contribution in [1.82, 2.24) is 5.32 Å². The lowest BCUT2D eigenvalue weighted by Crippen LogP contribution is -2.27. The van der Waals surface area contributed by atoms with Gasteiger partial charge in [0.05, 0.1) is 0 Å². The molecule has 0 atom stereocenters. The molecule has 1 aliphatic rings. The third kappa shape index (κ3) is 4.63. The van der Waals surface area contributed by atoms with E-state index in [1.165, 1.54) is 32.2 Å². The van der Waals surface area contributed by atoms with Crippen LogP contribution in [-0.2, 0) is 0 Å². The first-order valence-electron chi connectivity index (χ1n) is 5.73. The minimum Gasteiger partial charge on any atom is -0.330 e. The van der Waals surface area contributed by atoms with Crippen molar-refractivity contribution >= 4 is 0 Å². The lowest BCUT2D eigenvalue weighted by atomic mass is 9.83. The van der Waals surface area contributed by atoms with Gasteiger partial charge in [0.2, 0.25) is 0 Å². The average Bonchev–Trinajstić information content (AvgIpc) is 2.15. The van der Waals surface area contributed by atoms with Crippen LogP contribution in [-0.4, -0.2) is 19.6 Å². The Kier molecular flexibility index (Phi) is 5.40. The molecule has 0 unspecified atom stereocenters. The van der Waals surface area contributed by atoms with Gasteiger partial charge in [-0.3, -0.25) is 0 Å². The zero-order chi connectivity index (χ0) is 9.52. The highest BCUT2D eigenvalue weighted by Gasteiger charge is 2.17. The van der Waals surface area contributed by atoms with E-state index in [9.17, 15) is 0 Å². The van der Waals surface area contributed by atoms with Crippen LogP contribution >= 0.6 is 0 Å². The van der Waals surface area contributed by atoms with Gasteiger partial charge >= 0.3 is 0 Å². The van der Waals surface area contributed by atoms with E-state index in [0.29, 0.717) is 0 Å². The first-order valence-corrected chi connectivity index (χ1v) is 5.73. The highest BCUT2D eigenvalue weighted by Crippen LogP contribution is 2.27. The molecule has 0 aromatic rings. The number of hydrogen-bond donors (Lipinski definition) is 2. The van der Waals surface area contributed by atoms with Crippen LogP contribution in [0.25, 0.3) is 0 Å². The minimum atomic E-state index is 0.814. The smallest absolute Gasteiger partial charge is 0.00205 e. The van der Waals surface area contributed by atoms with Crippen molar-refractivity contribution in [3.63, 3.8) is 0 Å². The van der Waals surface area contributed by atoms with Crippen LogP contribution in [0.3, 0.4) is 0 Å². The Morgan fingerprint density at radius 2 is 1.92 bits per heavy atom. The van der Waals surface area contributed by atoms with Gasteiger partial charge in [-0.05, 0) is 50.7 Å². The zero-order valence-electron chi connectivity index (χ0n) is 8.89. The maximum atomic E-state index is 5.43. The summed E-state index contributed by atoms with van der Waals surface area (Å²) in [4.78, 5) is 0. The lowest BCUT2D eigenvalue weighted by Gasteiger charge is -2.26. The van der Waals surface area contributed by atoms with Crippen molar-refractivity contribution in [2.75, 3.05) is 19.6 Å². The number of hydrogen-bond acceptors (Lipinski definition) is 2. The monoisotopic (exact) mass is 184 g/mol. The quantitative estimate of drug-likeness (QED) is 0.639. The highest BCUT2D eigenvalue weighted by atomic mass is 14.9. The van der Waals surface area contributed by atoms with Crippen LogP contribution in [0, 0.1) is 11.8 Å². The van der Waals surface area contributed by atoms with Gasteiger partial charge in [0, 0.05) is 0 Å². The molecule has 2 heteroatoms. The van der Waals surface area contributed by atoms with Crippen LogP contribution in [0.5, 0.6) is 0 Å². The van der Waals surface area contributed by atoms with Crippen molar-refractivity contribution in [1.29, 1.82) is 0 Å². The van der Waals surface area contributed by atoms with Crippen LogP contribution in [0.1, 0.15) is 39.0 Å². The summed E-state index contributed by atoms with van der Waals surface area (Å²) in [6.45, 7) is 5.50. The first-order chi connectivity index (χ1) is 6.33. The third-order valence-electron chi connectivity index (χ3n) is 3.13. The molecule has 0 aliphatic heterocycles. The van der Waals surface area contributed by atoms with Crippen LogP contribution in [0.4, 0.5) is 0 Å². The summed E-state index contributed by atoms with van der Waals surface area (Å²) in [5.41, 5.74) is 5.43. The maximum Gasteiger partial charge on any atom is -0.00205 e. The predicted molar refractivity (Wildman–Crippen MR) is 57.7 cm³/mol. The summed E-state index contributed by atoms with van der Waals surface area (Å²) in [6.07, 6.45) is 6.84. The van der Waals surface area contributed by atoms with Gasteiger partial charge in [0.1, 0.15) is 0 Å². The molecular formula is C11H24N2. The second-order valence-electron chi connectivity index (χ2n) is 4.47.